The Hall–Kier alpha value is -7.13. The van der Waals surface area contributed by atoms with Crippen molar-refractivity contribution in [3.05, 3.63) is 186 Å². The van der Waals surface area contributed by atoms with E-state index in [4.69, 9.17) is 0 Å². The van der Waals surface area contributed by atoms with E-state index >= 15 is 0 Å². The van der Waals surface area contributed by atoms with E-state index in [1.165, 1.54) is 0 Å². The summed E-state index contributed by atoms with van der Waals surface area (Å²) in [7, 11) is 0. The van der Waals surface area contributed by atoms with E-state index < -0.39 is 0 Å². The average molecular weight is 670 g/mol. The fourth-order valence-electron chi connectivity index (χ4n) is 7.21. The Morgan fingerprint density at radius 2 is 1.56 bits per heavy atom. The minimum absolute atomic E-state index is 0.00383. The fraction of sp³-hybridized carbons (Fsp3) is 0.0851. The third-order valence-corrected chi connectivity index (χ3v) is 9.71. The lowest BCUT2D eigenvalue weighted by atomic mass is 9.94. The molecule has 1 aliphatic heterocycles. The van der Waals surface area contributed by atoms with E-state index in [1.807, 2.05) is 85.8 Å². The van der Waals surface area contributed by atoms with Crippen LogP contribution in [0.2, 0.25) is 0 Å². The molecule has 1 atom stereocenters. The summed E-state index contributed by atoms with van der Waals surface area (Å²) < 4.78 is 2.17. The molecule has 52 heavy (non-hydrogen) atoms. The first-order valence-corrected chi connectivity index (χ1v) is 17.2. The van der Waals surface area contributed by atoms with Crippen LogP contribution in [0.3, 0.4) is 0 Å². The predicted molar refractivity (Wildman–Crippen MR) is 213 cm³/mol. The van der Waals surface area contributed by atoms with Crippen molar-refractivity contribution >= 4 is 44.3 Å². The molecule has 5 aromatic carbocycles. The summed E-state index contributed by atoms with van der Waals surface area (Å²) in [5.41, 5.74) is 11.6. The second kappa shape index (κ2) is 14.4. The summed E-state index contributed by atoms with van der Waals surface area (Å²) in [6.45, 7) is 8.82. The highest BCUT2D eigenvalue weighted by Crippen LogP contribution is 2.40. The Morgan fingerprint density at radius 1 is 0.788 bits per heavy atom. The van der Waals surface area contributed by atoms with Gasteiger partial charge in [0, 0.05) is 45.7 Å². The number of rotatable bonds is 6. The monoisotopic (exact) mass is 669 g/mol. The van der Waals surface area contributed by atoms with Gasteiger partial charge in [0.05, 0.1) is 40.0 Å². The smallest absolute Gasteiger partial charge is 0.101 e. The van der Waals surface area contributed by atoms with Gasteiger partial charge >= 0.3 is 0 Å². The normalized spacial score (nSPS) is 16.3. The van der Waals surface area contributed by atoms with Crippen LogP contribution in [0.1, 0.15) is 47.6 Å². The van der Waals surface area contributed by atoms with Gasteiger partial charge in [-0.15, -0.1) is 0 Å². The maximum Gasteiger partial charge on any atom is 0.101 e. The number of para-hydroxylation sites is 3. The van der Waals surface area contributed by atoms with Gasteiger partial charge in [-0.25, -0.2) is 0 Å². The molecule has 1 aromatic heterocycles. The van der Waals surface area contributed by atoms with Gasteiger partial charge in [-0.05, 0) is 83.8 Å². The molecular formula is C47H35N5. The number of anilines is 2. The number of hydrogen-bond donors (Lipinski definition) is 0. The summed E-state index contributed by atoms with van der Waals surface area (Å²) >= 11 is 0. The van der Waals surface area contributed by atoms with E-state index in [9.17, 15) is 15.8 Å². The van der Waals surface area contributed by atoms with Gasteiger partial charge in [0.2, 0.25) is 0 Å². The molecule has 6 aromatic rings. The van der Waals surface area contributed by atoms with Crippen LogP contribution < -0.4 is 4.90 Å². The van der Waals surface area contributed by atoms with Gasteiger partial charge in [0.25, 0.3) is 0 Å². The Balaban J connectivity index is 1.32. The van der Waals surface area contributed by atoms with E-state index in [2.05, 4.69) is 108 Å². The van der Waals surface area contributed by atoms with Crippen LogP contribution >= 0.6 is 0 Å². The Kier molecular flexibility index (Phi) is 9.23. The van der Waals surface area contributed by atoms with Crippen molar-refractivity contribution in [2.24, 2.45) is 0 Å². The molecule has 248 valence electrons. The molecule has 0 radical (unpaired) electrons. The fourth-order valence-corrected chi connectivity index (χ4v) is 7.21. The van der Waals surface area contributed by atoms with Crippen molar-refractivity contribution in [2.75, 3.05) is 11.4 Å². The highest BCUT2D eigenvalue weighted by molar-refractivity contribution is 6.11. The molecule has 2 heterocycles. The van der Waals surface area contributed by atoms with E-state index in [0.29, 0.717) is 23.2 Å². The van der Waals surface area contributed by atoms with Crippen LogP contribution in [0.4, 0.5) is 11.4 Å². The van der Waals surface area contributed by atoms with Crippen molar-refractivity contribution in [3.63, 3.8) is 0 Å². The molecule has 0 fully saturated rings. The van der Waals surface area contributed by atoms with Crippen molar-refractivity contribution in [1.82, 2.24) is 4.57 Å². The molecule has 0 saturated carbocycles. The minimum atomic E-state index is 0.00383. The Bertz CT molecular complexity index is 2620. The van der Waals surface area contributed by atoms with Crippen LogP contribution in [0.15, 0.2) is 158 Å². The predicted octanol–water partition coefficient (Wildman–Crippen LogP) is 11.5. The lowest BCUT2D eigenvalue weighted by Crippen LogP contribution is -2.20. The molecule has 0 aliphatic carbocycles. The summed E-state index contributed by atoms with van der Waals surface area (Å²) in [6, 6.07) is 43.6. The third kappa shape index (κ3) is 6.01. The van der Waals surface area contributed by atoms with Crippen LogP contribution in [-0.2, 0) is 0 Å². The molecule has 1 unspecified atom stereocenters. The Labute approximate surface area is 304 Å². The SMILES string of the molecule is C=C/C(=C\C(=C/C)c1ccc(C#N)cc1N1C/C=C\C(C#N)=C/C(C)c2ccccc21)c1ccc(-n2c3ccccc3c3cccc(C#N)c32)cc1. The minimum Gasteiger partial charge on any atom is -0.337 e. The molecule has 1 aliphatic rings. The summed E-state index contributed by atoms with van der Waals surface area (Å²) in [5.74, 6) is 0.00383. The van der Waals surface area contributed by atoms with E-state index in [0.717, 1.165) is 66.7 Å². The van der Waals surface area contributed by atoms with Crippen LogP contribution in [0, 0.1) is 34.0 Å². The largest absolute Gasteiger partial charge is 0.337 e. The molecule has 0 amide bonds. The first-order valence-electron chi connectivity index (χ1n) is 17.2. The van der Waals surface area contributed by atoms with Gasteiger partial charge in [-0.2, -0.15) is 15.8 Å². The van der Waals surface area contributed by atoms with Crippen LogP contribution in [0.25, 0.3) is 38.6 Å². The van der Waals surface area contributed by atoms with E-state index in [1.54, 1.807) is 0 Å². The van der Waals surface area contributed by atoms with Crippen molar-refractivity contribution < 1.29 is 0 Å². The first-order chi connectivity index (χ1) is 25.5. The third-order valence-electron chi connectivity index (χ3n) is 9.71. The van der Waals surface area contributed by atoms with Crippen molar-refractivity contribution in [3.8, 4) is 23.9 Å². The standard InChI is InChI=1S/C47H35N5/c1-4-35(37-20-22-39(23-21-37)52-45-18-9-7-15-42(45)43-16-10-13-38(31-50)47(43)52)28-36(5-2)41-24-19-34(30-49)27-46(41)51-25-11-12-33(29-48)26-32(3)40-14-6-8-17-44(40)51/h4-24,26-28,32H,1,25H2,2-3H3/b12-11-,33-26+,35-28+,36-5+. The molecule has 0 saturated heterocycles. The van der Waals surface area contributed by atoms with Crippen LogP contribution in [0.5, 0.6) is 0 Å². The van der Waals surface area contributed by atoms with E-state index in [-0.39, 0.29) is 5.92 Å². The number of nitriles is 3. The van der Waals surface area contributed by atoms with Crippen molar-refractivity contribution in [2.45, 2.75) is 19.8 Å². The molecule has 5 heteroatoms. The number of fused-ring (bicyclic) bond motifs is 4. The molecule has 7 rings (SSSR count). The lowest BCUT2D eigenvalue weighted by Gasteiger charge is -2.29. The number of aromatic nitrogens is 1. The van der Waals surface area contributed by atoms with Gasteiger partial charge in [-0.1, -0.05) is 105 Å². The number of hydrogen-bond acceptors (Lipinski definition) is 4. The van der Waals surface area contributed by atoms with Crippen LogP contribution in [-0.4, -0.2) is 11.1 Å². The highest BCUT2D eigenvalue weighted by atomic mass is 15.1. The summed E-state index contributed by atoms with van der Waals surface area (Å²) in [4.78, 5) is 2.23. The second-order valence-corrected chi connectivity index (χ2v) is 12.7. The quantitative estimate of drug-likeness (QED) is 0.165. The topological polar surface area (TPSA) is 79.5 Å². The maximum absolute atomic E-state index is 10.0. The average Bonchev–Trinajstić information content (AvgIpc) is 3.56. The zero-order valence-corrected chi connectivity index (χ0v) is 29.1. The zero-order chi connectivity index (χ0) is 36.2. The zero-order valence-electron chi connectivity index (χ0n) is 29.1. The number of allylic oxidation sites excluding steroid dienone is 8. The molecular weight excluding hydrogens is 635 g/mol. The first kappa shape index (κ1) is 33.4. The number of nitrogens with zero attached hydrogens (tertiary/aromatic N) is 5. The van der Waals surface area contributed by atoms with Gasteiger partial charge in [-0.3, -0.25) is 0 Å². The number of benzene rings is 5. The molecule has 0 N–H and O–H groups in total. The second-order valence-electron chi connectivity index (χ2n) is 12.7. The van der Waals surface area contributed by atoms with Gasteiger partial charge in [0.1, 0.15) is 6.07 Å². The summed E-state index contributed by atoms with van der Waals surface area (Å²) in [6.07, 6.45) is 12.0. The summed E-state index contributed by atoms with van der Waals surface area (Å²) in [5, 5.41) is 31.9. The molecule has 0 bridgehead atoms. The molecule has 5 nitrogen and oxygen atoms in total. The lowest BCUT2D eigenvalue weighted by molar-refractivity contribution is 0.947. The van der Waals surface area contributed by atoms with Crippen molar-refractivity contribution in [1.29, 1.82) is 15.8 Å². The Morgan fingerprint density at radius 3 is 2.31 bits per heavy atom. The maximum atomic E-state index is 10.0. The highest BCUT2D eigenvalue weighted by Gasteiger charge is 2.21. The van der Waals surface area contributed by atoms with Gasteiger partial charge < -0.3 is 9.47 Å². The molecule has 0 spiro atoms. The van der Waals surface area contributed by atoms with Gasteiger partial charge in [0.15, 0.2) is 0 Å².